The highest BCUT2D eigenvalue weighted by atomic mass is 19.4. The summed E-state index contributed by atoms with van der Waals surface area (Å²) in [4.78, 5) is 24.0. The van der Waals surface area contributed by atoms with Crippen LogP contribution in [0.5, 0.6) is 5.75 Å². The maximum atomic E-state index is 13.0. The van der Waals surface area contributed by atoms with Crippen molar-refractivity contribution in [1.82, 2.24) is 0 Å². The highest BCUT2D eigenvalue weighted by Gasteiger charge is 2.35. The Morgan fingerprint density at radius 1 is 0.839 bits per heavy atom. The van der Waals surface area contributed by atoms with E-state index in [2.05, 4.69) is 5.32 Å². The first-order valence-electron chi connectivity index (χ1n) is 9.23. The standard InChI is InChI=1S/C23H18F3NO4/c24-23(25,26)20-9-5-4-8-19(20)22(29)31-15-21(28)27-17-10-12-18(13-11-17)30-14-16-6-2-1-3-7-16/h1-13H,14-15H2,(H,27,28). The molecule has 0 aliphatic rings. The van der Waals surface area contributed by atoms with Gasteiger partial charge in [-0.1, -0.05) is 42.5 Å². The Morgan fingerprint density at radius 3 is 2.16 bits per heavy atom. The zero-order valence-electron chi connectivity index (χ0n) is 16.2. The number of amides is 1. The van der Waals surface area contributed by atoms with Gasteiger partial charge in [-0.3, -0.25) is 4.79 Å². The molecule has 5 nitrogen and oxygen atoms in total. The van der Waals surface area contributed by atoms with Gasteiger partial charge in [0.15, 0.2) is 6.61 Å². The number of hydrogen-bond acceptors (Lipinski definition) is 4. The van der Waals surface area contributed by atoms with E-state index in [9.17, 15) is 22.8 Å². The number of carbonyl (C=O) groups excluding carboxylic acids is 2. The fourth-order valence-electron chi connectivity index (χ4n) is 2.69. The SMILES string of the molecule is O=C(COC(=O)c1ccccc1C(F)(F)F)Nc1ccc(OCc2ccccc2)cc1. The van der Waals surface area contributed by atoms with Gasteiger partial charge in [-0.05, 0) is 42.0 Å². The minimum absolute atomic E-state index is 0.391. The summed E-state index contributed by atoms with van der Waals surface area (Å²) < 4.78 is 49.3. The lowest BCUT2D eigenvalue weighted by molar-refractivity contribution is -0.138. The van der Waals surface area contributed by atoms with Gasteiger partial charge < -0.3 is 14.8 Å². The van der Waals surface area contributed by atoms with Crippen molar-refractivity contribution < 1.29 is 32.2 Å². The van der Waals surface area contributed by atoms with Crippen LogP contribution in [0.2, 0.25) is 0 Å². The molecular formula is C23H18F3NO4. The van der Waals surface area contributed by atoms with E-state index >= 15 is 0 Å². The van der Waals surface area contributed by atoms with Crippen LogP contribution in [0.4, 0.5) is 18.9 Å². The predicted octanol–water partition coefficient (Wildman–Crippen LogP) is 5.08. The highest BCUT2D eigenvalue weighted by molar-refractivity contribution is 5.96. The van der Waals surface area contributed by atoms with Crippen LogP contribution in [-0.2, 0) is 22.3 Å². The molecule has 0 atom stereocenters. The summed E-state index contributed by atoms with van der Waals surface area (Å²) in [5.74, 6) is -1.32. The van der Waals surface area contributed by atoms with E-state index in [1.165, 1.54) is 12.1 Å². The van der Waals surface area contributed by atoms with Crippen molar-refractivity contribution in [2.45, 2.75) is 12.8 Å². The zero-order chi connectivity index (χ0) is 22.3. The van der Waals surface area contributed by atoms with Gasteiger partial charge in [-0.15, -0.1) is 0 Å². The van der Waals surface area contributed by atoms with E-state index in [0.29, 0.717) is 18.0 Å². The number of rotatable bonds is 7. The lowest BCUT2D eigenvalue weighted by Crippen LogP contribution is -2.22. The molecule has 3 rings (SSSR count). The number of carbonyl (C=O) groups is 2. The number of nitrogens with one attached hydrogen (secondary N) is 1. The second-order valence-corrected chi connectivity index (χ2v) is 6.47. The van der Waals surface area contributed by atoms with Crippen molar-refractivity contribution in [3.05, 3.63) is 95.6 Å². The number of anilines is 1. The van der Waals surface area contributed by atoms with Gasteiger partial charge >= 0.3 is 12.1 Å². The molecule has 0 unspecified atom stereocenters. The lowest BCUT2D eigenvalue weighted by atomic mass is 10.1. The molecule has 1 N–H and O–H groups in total. The molecule has 1 amide bonds. The molecule has 0 saturated carbocycles. The molecule has 0 bridgehead atoms. The van der Waals surface area contributed by atoms with Crippen LogP contribution < -0.4 is 10.1 Å². The maximum absolute atomic E-state index is 13.0. The largest absolute Gasteiger partial charge is 0.489 e. The molecule has 0 fully saturated rings. The lowest BCUT2D eigenvalue weighted by Gasteiger charge is -2.12. The number of esters is 1. The summed E-state index contributed by atoms with van der Waals surface area (Å²) in [5.41, 5.74) is -0.341. The third-order valence-corrected chi connectivity index (χ3v) is 4.17. The van der Waals surface area contributed by atoms with Crippen LogP contribution in [0.3, 0.4) is 0 Å². The van der Waals surface area contributed by atoms with E-state index < -0.39 is 35.8 Å². The molecular weight excluding hydrogens is 411 g/mol. The van der Waals surface area contributed by atoms with Crippen LogP contribution >= 0.6 is 0 Å². The van der Waals surface area contributed by atoms with Crippen molar-refractivity contribution >= 4 is 17.6 Å². The zero-order valence-corrected chi connectivity index (χ0v) is 16.2. The Balaban J connectivity index is 1.50. The first kappa shape index (κ1) is 21.9. The molecule has 3 aromatic rings. The van der Waals surface area contributed by atoms with Gasteiger partial charge in [0, 0.05) is 5.69 Å². The first-order chi connectivity index (χ1) is 14.8. The molecule has 0 spiro atoms. The summed E-state index contributed by atoms with van der Waals surface area (Å²) in [6.45, 7) is -0.334. The van der Waals surface area contributed by atoms with E-state index in [4.69, 9.17) is 9.47 Å². The van der Waals surface area contributed by atoms with Crippen molar-refractivity contribution in [1.29, 1.82) is 0 Å². The summed E-state index contributed by atoms with van der Waals surface area (Å²) in [5, 5.41) is 2.50. The quantitative estimate of drug-likeness (QED) is 0.532. The number of ether oxygens (including phenoxy) is 2. The molecule has 160 valence electrons. The Kier molecular flexibility index (Phi) is 6.92. The number of hydrogen-bond donors (Lipinski definition) is 1. The van der Waals surface area contributed by atoms with Gasteiger partial charge in [-0.2, -0.15) is 13.2 Å². The monoisotopic (exact) mass is 429 g/mol. The Labute approximate surface area is 176 Å². The summed E-state index contributed by atoms with van der Waals surface area (Å²) in [6.07, 6.45) is -4.71. The molecule has 0 heterocycles. The van der Waals surface area contributed by atoms with Gasteiger partial charge in [0.25, 0.3) is 5.91 Å². The van der Waals surface area contributed by atoms with Crippen LogP contribution in [0.25, 0.3) is 0 Å². The van der Waals surface area contributed by atoms with Gasteiger partial charge in [-0.25, -0.2) is 4.79 Å². The topological polar surface area (TPSA) is 64.6 Å². The molecule has 3 aromatic carbocycles. The summed E-state index contributed by atoms with van der Waals surface area (Å²) in [7, 11) is 0. The number of halogens is 3. The second kappa shape index (κ2) is 9.80. The van der Waals surface area contributed by atoms with Gasteiger partial charge in [0.05, 0.1) is 11.1 Å². The molecule has 0 aromatic heterocycles. The second-order valence-electron chi connectivity index (χ2n) is 6.47. The highest BCUT2D eigenvalue weighted by Crippen LogP contribution is 2.32. The van der Waals surface area contributed by atoms with Crippen molar-refractivity contribution in [3.8, 4) is 5.75 Å². The Hall–Kier alpha value is -3.81. The van der Waals surface area contributed by atoms with Crippen molar-refractivity contribution in [2.75, 3.05) is 11.9 Å². The van der Waals surface area contributed by atoms with Gasteiger partial charge in [0.1, 0.15) is 12.4 Å². The first-order valence-corrected chi connectivity index (χ1v) is 9.23. The average molecular weight is 429 g/mol. The normalized spacial score (nSPS) is 10.9. The fraction of sp³-hybridized carbons (Fsp3) is 0.130. The maximum Gasteiger partial charge on any atom is 0.417 e. The third kappa shape index (κ3) is 6.33. The third-order valence-electron chi connectivity index (χ3n) is 4.17. The molecule has 31 heavy (non-hydrogen) atoms. The summed E-state index contributed by atoms with van der Waals surface area (Å²) in [6, 6.07) is 20.3. The summed E-state index contributed by atoms with van der Waals surface area (Å²) >= 11 is 0. The number of alkyl halides is 3. The van der Waals surface area contributed by atoms with Crippen LogP contribution in [-0.4, -0.2) is 18.5 Å². The Bertz CT molecular complexity index is 1030. The molecule has 8 heteroatoms. The molecule has 0 aliphatic heterocycles. The van der Waals surface area contributed by atoms with Gasteiger partial charge in [0.2, 0.25) is 0 Å². The van der Waals surface area contributed by atoms with E-state index in [0.717, 1.165) is 17.7 Å². The Morgan fingerprint density at radius 2 is 1.48 bits per heavy atom. The smallest absolute Gasteiger partial charge is 0.417 e. The number of benzene rings is 3. The minimum Gasteiger partial charge on any atom is -0.489 e. The van der Waals surface area contributed by atoms with Crippen molar-refractivity contribution in [2.24, 2.45) is 0 Å². The van der Waals surface area contributed by atoms with E-state index in [-0.39, 0.29) is 0 Å². The predicted molar refractivity (Wildman–Crippen MR) is 108 cm³/mol. The van der Waals surface area contributed by atoms with Crippen LogP contribution in [0.15, 0.2) is 78.9 Å². The molecule has 0 saturated heterocycles. The fourth-order valence-corrected chi connectivity index (χ4v) is 2.69. The molecule has 0 radical (unpaired) electrons. The van der Waals surface area contributed by atoms with Crippen LogP contribution in [0, 0.1) is 0 Å². The van der Waals surface area contributed by atoms with E-state index in [1.807, 2.05) is 30.3 Å². The van der Waals surface area contributed by atoms with Crippen LogP contribution in [0.1, 0.15) is 21.5 Å². The van der Waals surface area contributed by atoms with E-state index in [1.54, 1.807) is 24.3 Å². The average Bonchev–Trinajstić information content (AvgIpc) is 2.77. The van der Waals surface area contributed by atoms with Crippen molar-refractivity contribution in [3.63, 3.8) is 0 Å². The molecule has 0 aliphatic carbocycles. The minimum atomic E-state index is -4.71.